The highest BCUT2D eigenvalue weighted by Gasteiger charge is 2.14. The van der Waals surface area contributed by atoms with Gasteiger partial charge in [-0.05, 0) is 42.0 Å². The van der Waals surface area contributed by atoms with Crippen molar-refractivity contribution in [2.75, 3.05) is 0 Å². The molecule has 0 saturated heterocycles. The molecule has 0 aliphatic heterocycles. The molecule has 132 valence electrons. The Labute approximate surface area is 157 Å². The van der Waals surface area contributed by atoms with Crippen LogP contribution in [0.3, 0.4) is 0 Å². The van der Waals surface area contributed by atoms with Crippen molar-refractivity contribution in [2.45, 2.75) is 6.54 Å². The minimum Gasteiger partial charge on any atom is -0.478 e. The van der Waals surface area contributed by atoms with Crippen LogP contribution < -0.4 is 0 Å². The van der Waals surface area contributed by atoms with E-state index in [2.05, 4.69) is 5.10 Å². The number of halogens is 2. The number of aromatic nitrogens is 2. The second kappa shape index (κ2) is 7.19. The van der Waals surface area contributed by atoms with E-state index in [1.807, 2.05) is 0 Å². The van der Waals surface area contributed by atoms with Crippen molar-refractivity contribution >= 4 is 52.1 Å². The Bertz CT molecular complexity index is 1060. The topological polar surface area (TPSA) is 92.4 Å². The molecule has 6 nitrogen and oxygen atoms in total. The number of aliphatic carboxylic acids is 1. The molecule has 0 saturated carbocycles. The molecule has 3 aromatic rings. The zero-order valence-corrected chi connectivity index (χ0v) is 14.7. The SMILES string of the molecule is O=C(O)C=Cc1nn(Cc2ccc(Cl)cc2Cl)c2cc(C(=O)O)ccc12. The molecule has 2 N–H and O–H groups in total. The first-order valence-corrected chi connectivity index (χ1v) is 8.19. The number of aromatic carboxylic acids is 1. The van der Waals surface area contributed by atoms with E-state index < -0.39 is 11.9 Å². The molecule has 1 heterocycles. The Kier molecular flexibility index (Phi) is 4.97. The van der Waals surface area contributed by atoms with Gasteiger partial charge in [0.15, 0.2) is 0 Å². The van der Waals surface area contributed by atoms with E-state index >= 15 is 0 Å². The van der Waals surface area contributed by atoms with Crippen molar-refractivity contribution < 1.29 is 19.8 Å². The van der Waals surface area contributed by atoms with Gasteiger partial charge in [0.25, 0.3) is 0 Å². The summed E-state index contributed by atoms with van der Waals surface area (Å²) in [6, 6.07) is 9.61. The summed E-state index contributed by atoms with van der Waals surface area (Å²) in [5, 5.41) is 24.1. The van der Waals surface area contributed by atoms with E-state index in [0.29, 0.717) is 26.6 Å². The molecule has 0 unspecified atom stereocenters. The number of carboxylic acids is 2. The van der Waals surface area contributed by atoms with Gasteiger partial charge < -0.3 is 10.2 Å². The summed E-state index contributed by atoms with van der Waals surface area (Å²) in [7, 11) is 0. The number of rotatable bonds is 5. The lowest BCUT2D eigenvalue weighted by atomic mass is 10.1. The van der Waals surface area contributed by atoms with E-state index in [-0.39, 0.29) is 12.1 Å². The third-order valence-corrected chi connectivity index (χ3v) is 4.33. The van der Waals surface area contributed by atoms with Crippen LogP contribution in [0.5, 0.6) is 0 Å². The number of hydrogen-bond acceptors (Lipinski definition) is 3. The molecule has 26 heavy (non-hydrogen) atoms. The molecular weight excluding hydrogens is 379 g/mol. The zero-order chi connectivity index (χ0) is 18.8. The van der Waals surface area contributed by atoms with Gasteiger partial charge in [-0.15, -0.1) is 0 Å². The number of carbonyl (C=O) groups is 2. The summed E-state index contributed by atoms with van der Waals surface area (Å²) in [5.41, 5.74) is 1.83. The van der Waals surface area contributed by atoms with Crippen LogP contribution in [0.4, 0.5) is 0 Å². The predicted molar refractivity (Wildman–Crippen MR) is 98.9 cm³/mol. The van der Waals surface area contributed by atoms with Gasteiger partial charge in [-0.2, -0.15) is 5.10 Å². The standard InChI is InChI=1S/C18H12Cl2N2O4/c19-12-3-1-11(14(20)8-12)9-22-16-7-10(18(25)26)2-4-13(16)15(21-22)5-6-17(23)24/h1-8H,9H2,(H,23,24)(H,25,26). The number of fused-ring (bicyclic) bond motifs is 1. The Hall–Kier alpha value is -2.83. The smallest absolute Gasteiger partial charge is 0.335 e. The maximum atomic E-state index is 11.3. The van der Waals surface area contributed by atoms with E-state index in [9.17, 15) is 14.7 Å². The van der Waals surface area contributed by atoms with Crippen molar-refractivity contribution in [3.05, 3.63) is 69.3 Å². The van der Waals surface area contributed by atoms with Crippen molar-refractivity contribution in [3.8, 4) is 0 Å². The molecule has 0 atom stereocenters. The molecule has 0 radical (unpaired) electrons. The van der Waals surface area contributed by atoms with Gasteiger partial charge in [0.2, 0.25) is 0 Å². The summed E-state index contributed by atoms with van der Waals surface area (Å²) in [4.78, 5) is 22.1. The van der Waals surface area contributed by atoms with Crippen LogP contribution in [-0.2, 0) is 11.3 Å². The molecular formula is C18H12Cl2N2O4. The van der Waals surface area contributed by atoms with Crippen molar-refractivity contribution in [3.63, 3.8) is 0 Å². The summed E-state index contributed by atoms with van der Waals surface area (Å²) in [5.74, 6) is -2.16. The molecule has 0 bridgehead atoms. The maximum Gasteiger partial charge on any atom is 0.335 e. The largest absolute Gasteiger partial charge is 0.478 e. The molecule has 8 heteroatoms. The molecule has 3 rings (SSSR count). The first-order chi connectivity index (χ1) is 12.3. The van der Waals surface area contributed by atoms with Gasteiger partial charge in [0.05, 0.1) is 23.3 Å². The van der Waals surface area contributed by atoms with Crippen molar-refractivity contribution in [1.82, 2.24) is 9.78 Å². The molecule has 0 amide bonds. The third-order valence-electron chi connectivity index (χ3n) is 3.75. The first-order valence-electron chi connectivity index (χ1n) is 7.44. The Balaban J connectivity index is 2.14. The van der Waals surface area contributed by atoms with Gasteiger partial charge in [0, 0.05) is 21.5 Å². The fraction of sp³-hybridized carbons (Fsp3) is 0.0556. The van der Waals surface area contributed by atoms with E-state index in [4.69, 9.17) is 28.3 Å². The van der Waals surface area contributed by atoms with E-state index in [1.54, 1.807) is 28.9 Å². The summed E-state index contributed by atoms with van der Waals surface area (Å²) in [6.45, 7) is 0.274. The fourth-order valence-corrected chi connectivity index (χ4v) is 3.01. The van der Waals surface area contributed by atoms with Crippen LogP contribution in [0.25, 0.3) is 17.0 Å². The quantitative estimate of drug-likeness (QED) is 0.637. The molecule has 2 aromatic carbocycles. The molecule has 1 aromatic heterocycles. The lowest BCUT2D eigenvalue weighted by Crippen LogP contribution is -2.03. The van der Waals surface area contributed by atoms with E-state index in [0.717, 1.165) is 11.6 Å². The zero-order valence-electron chi connectivity index (χ0n) is 13.2. The summed E-state index contributed by atoms with van der Waals surface area (Å²) in [6.07, 6.45) is 2.34. The van der Waals surface area contributed by atoms with E-state index in [1.165, 1.54) is 18.2 Å². The highest BCUT2D eigenvalue weighted by Crippen LogP contribution is 2.26. The monoisotopic (exact) mass is 390 g/mol. The first kappa shape index (κ1) is 18.0. The van der Waals surface area contributed by atoms with Crippen molar-refractivity contribution in [2.24, 2.45) is 0 Å². The number of hydrogen-bond donors (Lipinski definition) is 2. The van der Waals surface area contributed by atoms with Crippen LogP contribution in [0.2, 0.25) is 10.0 Å². The fourth-order valence-electron chi connectivity index (χ4n) is 2.54. The van der Waals surface area contributed by atoms with Gasteiger partial charge in [-0.25, -0.2) is 9.59 Å². The van der Waals surface area contributed by atoms with Crippen LogP contribution in [0.1, 0.15) is 21.6 Å². The van der Waals surface area contributed by atoms with Gasteiger partial charge >= 0.3 is 11.9 Å². The highest BCUT2D eigenvalue weighted by molar-refractivity contribution is 6.35. The molecule has 0 spiro atoms. The predicted octanol–water partition coefficient (Wildman–Crippen LogP) is 4.19. The second-order valence-corrected chi connectivity index (χ2v) is 6.33. The van der Waals surface area contributed by atoms with Gasteiger partial charge in [0.1, 0.15) is 0 Å². The molecule has 0 aliphatic rings. The van der Waals surface area contributed by atoms with Gasteiger partial charge in [-0.3, -0.25) is 4.68 Å². The maximum absolute atomic E-state index is 11.3. The highest BCUT2D eigenvalue weighted by atomic mass is 35.5. The second-order valence-electron chi connectivity index (χ2n) is 5.49. The van der Waals surface area contributed by atoms with Crippen molar-refractivity contribution in [1.29, 1.82) is 0 Å². The Morgan fingerprint density at radius 1 is 1.12 bits per heavy atom. The van der Waals surface area contributed by atoms with Crippen LogP contribution in [0.15, 0.2) is 42.5 Å². The molecule has 0 aliphatic carbocycles. The average molecular weight is 391 g/mol. The minimum atomic E-state index is -1.10. The molecule has 0 fully saturated rings. The van der Waals surface area contributed by atoms with Crippen LogP contribution in [0, 0.1) is 0 Å². The summed E-state index contributed by atoms with van der Waals surface area (Å²) >= 11 is 12.1. The lowest BCUT2D eigenvalue weighted by Gasteiger charge is -2.07. The van der Waals surface area contributed by atoms with Crippen LogP contribution >= 0.6 is 23.2 Å². The lowest BCUT2D eigenvalue weighted by molar-refractivity contribution is -0.131. The van der Waals surface area contributed by atoms with Crippen LogP contribution in [-0.4, -0.2) is 31.9 Å². The average Bonchev–Trinajstić information content (AvgIpc) is 2.92. The van der Waals surface area contributed by atoms with Gasteiger partial charge in [-0.1, -0.05) is 29.3 Å². The number of benzene rings is 2. The summed E-state index contributed by atoms with van der Waals surface area (Å²) < 4.78 is 1.58. The normalized spacial score (nSPS) is 11.3. The number of carboxylic acid groups (broad SMARTS) is 2. The minimum absolute atomic E-state index is 0.106. The Morgan fingerprint density at radius 3 is 2.54 bits per heavy atom. The Morgan fingerprint density at radius 2 is 1.88 bits per heavy atom. The third kappa shape index (κ3) is 3.71. The number of nitrogens with zero attached hydrogens (tertiary/aromatic N) is 2.